The highest BCUT2D eigenvalue weighted by atomic mass is 32.2. The first-order valence-corrected chi connectivity index (χ1v) is 10.9. The topological polar surface area (TPSA) is 52.7 Å². The molecule has 146 valence electrons. The van der Waals surface area contributed by atoms with Gasteiger partial charge in [0.25, 0.3) is 11.8 Å². The molecule has 0 bridgehead atoms. The van der Waals surface area contributed by atoms with Crippen LogP contribution in [0.4, 0.5) is 11.4 Å². The van der Waals surface area contributed by atoms with Gasteiger partial charge in [-0.2, -0.15) is 0 Å². The summed E-state index contributed by atoms with van der Waals surface area (Å²) < 4.78 is 0. The van der Waals surface area contributed by atoms with Crippen molar-refractivity contribution in [3.05, 3.63) is 53.6 Å². The zero-order valence-corrected chi connectivity index (χ0v) is 17.1. The maximum atomic E-state index is 13.0. The lowest BCUT2D eigenvalue weighted by molar-refractivity contribution is 0.0661. The average Bonchev–Trinajstić information content (AvgIpc) is 2.98. The van der Waals surface area contributed by atoms with Crippen LogP contribution in [0, 0.1) is 0 Å². The first-order valence-electron chi connectivity index (χ1n) is 9.72. The van der Waals surface area contributed by atoms with Crippen LogP contribution >= 0.6 is 11.8 Å². The number of carbonyl (C=O) groups is 2. The van der Waals surface area contributed by atoms with Gasteiger partial charge in [0.2, 0.25) is 0 Å². The van der Waals surface area contributed by atoms with Crippen molar-refractivity contribution in [2.24, 2.45) is 0 Å². The summed E-state index contributed by atoms with van der Waals surface area (Å²) in [5.41, 5.74) is 2.86. The number of anilines is 2. The molecule has 0 aliphatic carbocycles. The Hall–Kier alpha value is -2.47. The van der Waals surface area contributed by atoms with Crippen LogP contribution in [0.25, 0.3) is 0 Å². The first-order chi connectivity index (χ1) is 13.6. The van der Waals surface area contributed by atoms with Crippen molar-refractivity contribution in [3.8, 4) is 0 Å². The van der Waals surface area contributed by atoms with Gasteiger partial charge in [0.1, 0.15) is 6.17 Å². The third-order valence-corrected chi connectivity index (χ3v) is 6.39. The second-order valence-electron chi connectivity index (χ2n) is 7.35. The zero-order valence-electron chi connectivity index (χ0n) is 16.3. The summed E-state index contributed by atoms with van der Waals surface area (Å²) in [7, 11) is 2.02. The normalized spacial score (nSPS) is 18.9. The molecule has 0 unspecified atom stereocenters. The fourth-order valence-electron chi connectivity index (χ4n) is 4.07. The van der Waals surface area contributed by atoms with Gasteiger partial charge in [0, 0.05) is 29.7 Å². The molecule has 2 amide bonds. The van der Waals surface area contributed by atoms with Gasteiger partial charge in [-0.3, -0.25) is 9.59 Å². The standard InChI is InChI=1S/C22H25N3O2S/c1-24-19-14-15(21(26)23-16-8-10-17(28-2)11-9-16)7-12-18(19)22(27)25-13-5-3-4-6-20(24)25/h7-12,14,20H,3-6,13H2,1-2H3,(H,23,26)/t20-/m1/s1. The van der Waals surface area contributed by atoms with Crippen LogP contribution in [-0.2, 0) is 0 Å². The van der Waals surface area contributed by atoms with E-state index in [1.807, 2.05) is 48.5 Å². The number of hydrogen-bond donors (Lipinski definition) is 1. The Morgan fingerprint density at radius 1 is 1.11 bits per heavy atom. The molecule has 2 aromatic rings. The third-order valence-electron chi connectivity index (χ3n) is 5.65. The number of nitrogens with zero attached hydrogens (tertiary/aromatic N) is 2. The smallest absolute Gasteiger partial charge is 0.257 e. The lowest BCUT2D eigenvalue weighted by Crippen LogP contribution is -2.53. The molecule has 0 spiro atoms. The molecule has 1 saturated heterocycles. The molecule has 2 aromatic carbocycles. The van der Waals surface area contributed by atoms with Crippen molar-refractivity contribution in [2.45, 2.75) is 36.7 Å². The number of amides is 2. The van der Waals surface area contributed by atoms with E-state index in [0.29, 0.717) is 11.1 Å². The number of hydrogen-bond acceptors (Lipinski definition) is 4. The van der Waals surface area contributed by atoms with Crippen LogP contribution in [-0.4, -0.2) is 42.7 Å². The van der Waals surface area contributed by atoms with E-state index >= 15 is 0 Å². The fraction of sp³-hybridized carbons (Fsp3) is 0.364. The van der Waals surface area contributed by atoms with Crippen molar-refractivity contribution >= 4 is 35.0 Å². The molecule has 6 heteroatoms. The summed E-state index contributed by atoms with van der Waals surface area (Å²) in [6, 6.07) is 13.2. The van der Waals surface area contributed by atoms with Crippen LogP contribution in [0.5, 0.6) is 0 Å². The monoisotopic (exact) mass is 395 g/mol. The summed E-state index contributed by atoms with van der Waals surface area (Å²) in [4.78, 5) is 31.0. The zero-order chi connectivity index (χ0) is 19.7. The molecule has 1 N–H and O–H groups in total. The molecule has 2 aliphatic heterocycles. The number of carbonyl (C=O) groups excluding carboxylic acids is 2. The number of thioether (sulfide) groups is 1. The first kappa shape index (κ1) is 18.9. The van der Waals surface area contributed by atoms with Crippen LogP contribution in [0.15, 0.2) is 47.4 Å². The molecular formula is C22H25N3O2S. The maximum Gasteiger partial charge on any atom is 0.257 e. The Kier molecular flexibility index (Phi) is 5.31. The minimum absolute atomic E-state index is 0.0830. The van der Waals surface area contributed by atoms with Gasteiger partial charge < -0.3 is 15.1 Å². The Bertz CT molecular complexity index is 897. The highest BCUT2D eigenvalue weighted by molar-refractivity contribution is 7.98. The van der Waals surface area contributed by atoms with Gasteiger partial charge in [0.15, 0.2) is 0 Å². The van der Waals surface area contributed by atoms with E-state index in [2.05, 4.69) is 10.2 Å². The Labute approximate surface area is 170 Å². The SMILES string of the molecule is CSc1ccc(NC(=O)c2ccc3c(c2)N(C)[C@H]2CCCCCN2C3=O)cc1. The molecule has 1 fully saturated rings. The summed E-state index contributed by atoms with van der Waals surface area (Å²) in [5.74, 6) is -0.0801. The van der Waals surface area contributed by atoms with Crippen molar-refractivity contribution in [1.29, 1.82) is 0 Å². The lowest BCUT2D eigenvalue weighted by Gasteiger charge is -2.43. The predicted octanol–water partition coefficient (Wildman–Crippen LogP) is 4.45. The van der Waals surface area contributed by atoms with Gasteiger partial charge in [-0.15, -0.1) is 11.8 Å². The van der Waals surface area contributed by atoms with Crippen LogP contribution in [0.1, 0.15) is 46.4 Å². The second-order valence-corrected chi connectivity index (χ2v) is 8.23. The van der Waals surface area contributed by atoms with Gasteiger partial charge in [0.05, 0.1) is 11.3 Å². The van der Waals surface area contributed by atoms with Gasteiger partial charge in [-0.25, -0.2) is 0 Å². The van der Waals surface area contributed by atoms with Gasteiger partial charge in [-0.05, 0) is 68.0 Å². The van der Waals surface area contributed by atoms with Crippen molar-refractivity contribution < 1.29 is 9.59 Å². The molecule has 0 saturated carbocycles. The van der Waals surface area contributed by atoms with E-state index in [1.54, 1.807) is 23.9 Å². The Balaban J connectivity index is 1.59. The molecule has 0 radical (unpaired) electrons. The molecule has 4 rings (SSSR count). The fourth-order valence-corrected chi connectivity index (χ4v) is 4.48. The molecule has 28 heavy (non-hydrogen) atoms. The molecule has 1 atom stereocenters. The number of fused-ring (bicyclic) bond motifs is 2. The maximum absolute atomic E-state index is 13.0. The minimum Gasteiger partial charge on any atom is -0.354 e. The predicted molar refractivity (Wildman–Crippen MR) is 114 cm³/mol. The summed E-state index contributed by atoms with van der Waals surface area (Å²) in [6.07, 6.45) is 6.42. The summed E-state index contributed by atoms with van der Waals surface area (Å²) in [5, 5.41) is 2.95. The molecular weight excluding hydrogens is 370 g/mol. The summed E-state index contributed by atoms with van der Waals surface area (Å²) >= 11 is 1.67. The highest BCUT2D eigenvalue weighted by Gasteiger charge is 2.36. The number of benzene rings is 2. The quantitative estimate of drug-likeness (QED) is 0.780. The lowest BCUT2D eigenvalue weighted by atomic mass is 10.0. The van der Waals surface area contributed by atoms with E-state index in [0.717, 1.165) is 48.5 Å². The molecule has 2 aliphatic rings. The van der Waals surface area contributed by atoms with Gasteiger partial charge in [-0.1, -0.05) is 6.42 Å². The van der Waals surface area contributed by atoms with E-state index < -0.39 is 0 Å². The van der Waals surface area contributed by atoms with E-state index in [9.17, 15) is 9.59 Å². The van der Waals surface area contributed by atoms with Crippen LogP contribution < -0.4 is 10.2 Å². The van der Waals surface area contributed by atoms with E-state index in [1.165, 1.54) is 0 Å². The van der Waals surface area contributed by atoms with Crippen molar-refractivity contribution in [3.63, 3.8) is 0 Å². The Morgan fingerprint density at radius 2 is 1.89 bits per heavy atom. The van der Waals surface area contributed by atoms with Crippen molar-refractivity contribution in [1.82, 2.24) is 4.90 Å². The van der Waals surface area contributed by atoms with Crippen LogP contribution in [0.2, 0.25) is 0 Å². The minimum atomic E-state index is -0.163. The largest absolute Gasteiger partial charge is 0.354 e. The third kappa shape index (κ3) is 3.49. The molecule has 2 heterocycles. The van der Waals surface area contributed by atoms with E-state index in [-0.39, 0.29) is 18.0 Å². The van der Waals surface area contributed by atoms with E-state index in [4.69, 9.17) is 0 Å². The number of rotatable bonds is 3. The van der Waals surface area contributed by atoms with Crippen LogP contribution in [0.3, 0.4) is 0 Å². The second kappa shape index (κ2) is 7.87. The average molecular weight is 396 g/mol. The van der Waals surface area contributed by atoms with Gasteiger partial charge >= 0.3 is 0 Å². The van der Waals surface area contributed by atoms with Crippen molar-refractivity contribution in [2.75, 3.05) is 30.1 Å². The Morgan fingerprint density at radius 3 is 2.64 bits per heavy atom. The molecule has 0 aromatic heterocycles. The number of nitrogens with one attached hydrogen (secondary N) is 1. The highest BCUT2D eigenvalue weighted by Crippen LogP contribution is 2.34. The molecule has 5 nitrogen and oxygen atoms in total. The summed E-state index contributed by atoms with van der Waals surface area (Å²) in [6.45, 7) is 0.807.